The number of benzene rings is 6. The Kier molecular flexibility index (Phi) is 6.50. The van der Waals surface area contributed by atoms with Crippen molar-refractivity contribution < 1.29 is 16.2 Å². The molecule has 4 aromatic heterocycles. The van der Waals surface area contributed by atoms with Crippen LogP contribution in [-0.2, 0) is 5.41 Å². The van der Waals surface area contributed by atoms with E-state index in [2.05, 4.69) is 120 Å². The smallest absolute Gasteiger partial charge is 0.254 e. The summed E-state index contributed by atoms with van der Waals surface area (Å²) in [6, 6.07) is 45.9. The molecule has 0 radical (unpaired) electrons. The van der Waals surface area contributed by atoms with E-state index < -0.39 is 6.04 Å². The second-order valence-corrected chi connectivity index (χ2v) is 14.1. The van der Waals surface area contributed by atoms with Crippen LogP contribution in [0, 0.1) is 0 Å². The molecule has 0 bridgehead atoms. The van der Waals surface area contributed by atoms with Gasteiger partial charge in [-0.1, -0.05) is 105 Å². The number of hydrogen-bond donors (Lipinski definition) is 0. The van der Waals surface area contributed by atoms with Crippen molar-refractivity contribution in [3.63, 3.8) is 0 Å². The van der Waals surface area contributed by atoms with Crippen LogP contribution in [0.2, 0.25) is 0 Å². The minimum atomic E-state index is -0.427. The molecule has 6 aromatic carbocycles. The summed E-state index contributed by atoms with van der Waals surface area (Å²) in [6.45, 7) is 4.49. The monoisotopic (exact) mass is 717 g/mol. The molecule has 4 heterocycles. The summed E-state index contributed by atoms with van der Waals surface area (Å²) in [5.41, 5.74) is 8.13. The van der Waals surface area contributed by atoms with Gasteiger partial charge in [0.15, 0.2) is 0 Å². The zero-order valence-electron chi connectivity index (χ0n) is 35.2. The molecule has 0 N–H and O–H groups in total. The Hall–Kier alpha value is -7.18. The number of aromatic nitrogens is 5. The maximum absolute atomic E-state index is 8.44. The first kappa shape index (κ1) is 27.4. The Morgan fingerprint density at radius 3 is 2.16 bits per heavy atom. The summed E-state index contributed by atoms with van der Waals surface area (Å²) in [5.74, 6) is 2.03. The van der Waals surface area contributed by atoms with Gasteiger partial charge >= 0.3 is 0 Å². The quantitative estimate of drug-likeness (QED) is 0.147. The third kappa shape index (κ3) is 5.58. The predicted octanol–water partition coefficient (Wildman–Crippen LogP) is 11.3. The van der Waals surface area contributed by atoms with Crippen LogP contribution in [0.1, 0.15) is 31.8 Å². The summed E-state index contributed by atoms with van der Waals surface area (Å²) in [5, 5.41) is 2.15. The normalized spacial score (nSPS) is 13.1. The minimum absolute atomic E-state index is 0.0764. The van der Waals surface area contributed by atoms with Gasteiger partial charge in [-0.25, -0.2) is 14.1 Å². The highest BCUT2D eigenvalue weighted by molar-refractivity contribution is 6.20. The van der Waals surface area contributed by atoms with Crippen LogP contribution in [0.15, 0.2) is 195 Å². The van der Waals surface area contributed by atoms with Gasteiger partial charge in [-0.2, -0.15) is 0 Å². The zero-order valence-corrected chi connectivity index (χ0v) is 30.2. The summed E-state index contributed by atoms with van der Waals surface area (Å²) in [4.78, 5) is 5.04. The average molecular weight is 718 g/mol. The lowest BCUT2D eigenvalue weighted by Gasteiger charge is -2.26. The van der Waals surface area contributed by atoms with Gasteiger partial charge in [0.2, 0.25) is 0 Å². The van der Waals surface area contributed by atoms with E-state index in [4.69, 9.17) is 16.6 Å². The van der Waals surface area contributed by atoms with Crippen LogP contribution < -0.4 is 9.30 Å². The molecule has 0 saturated carbocycles. The molecule has 6 heteroatoms. The van der Waals surface area contributed by atoms with Crippen molar-refractivity contribution in [1.29, 1.82) is 0 Å². The number of nitrogens with zero attached hydrogens (tertiary/aromatic N) is 5. The highest BCUT2D eigenvalue weighted by Crippen LogP contribution is 2.42. The minimum Gasteiger partial charge on any atom is -0.457 e. The van der Waals surface area contributed by atoms with Crippen molar-refractivity contribution in [3.05, 3.63) is 206 Å². The van der Waals surface area contributed by atoms with E-state index in [9.17, 15) is 0 Å². The van der Waals surface area contributed by atoms with E-state index in [1.165, 1.54) is 10.1 Å². The standard InChI is InChI=1S/C49H38N5O/c1-49(2,35-15-6-3-7-16-35)36-27-28-50-46(31-36)54-45-33-41(55-40-22-14-21-39(32-40)52-30-29-51(34-52)37-17-8-4-9-18-37)25-26-43(45)47-48(54)42-23-12-13-24-44(42)53(47)38-19-10-5-11-20-38/h3-34H,1-2H3/q+1/i4D,8D,9D,17D,18D. The molecule has 0 unspecified atom stereocenters. The molecule has 10 rings (SSSR count). The Bertz CT molecular complexity index is 3250. The highest BCUT2D eigenvalue weighted by atomic mass is 16.5. The van der Waals surface area contributed by atoms with Gasteiger partial charge in [-0.3, -0.25) is 4.57 Å². The Labute approximate surface area is 326 Å². The van der Waals surface area contributed by atoms with E-state index in [-0.39, 0.29) is 35.3 Å². The average Bonchev–Trinajstić information content (AvgIpc) is 3.99. The van der Waals surface area contributed by atoms with Gasteiger partial charge in [-0.05, 0) is 77.8 Å². The van der Waals surface area contributed by atoms with Gasteiger partial charge in [0.1, 0.15) is 41.1 Å². The van der Waals surface area contributed by atoms with Crippen LogP contribution >= 0.6 is 0 Å². The summed E-state index contributed by atoms with van der Waals surface area (Å²) < 4.78 is 55.7. The number of rotatable bonds is 8. The van der Waals surface area contributed by atoms with Crippen molar-refractivity contribution in [2.45, 2.75) is 19.3 Å². The molecule has 0 aliphatic heterocycles. The third-order valence-corrected chi connectivity index (χ3v) is 10.5. The SMILES string of the molecule is [2H]c1c([2H])c([2H])c(-[n+]2ccn(-c3cccc(Oc4ccc5c(c4)n(-c4cc(C(C)(C)c6ccccc6)ccn4)c4c6ccccc6n(-c6ccccc6)c54)c3)c2)c([2H])c1[2H]. The largest absolute Gasteiger partial charge is 0.457 e. The fourth-order valence-electron chi connectivity index (χ4n) is 7.67. The predicted molar refractivity (Wildman–Crippen MR) is 221 cm³/mol. The van der Waals surface area contributed by atoms with E-state index in [0.717, 1.165) is 55.6 Å². The van der Waals surface area contributed by atoms with Gasteiger partial charge in [0, 0.05) is 40.2 Å². The molecule has 6 nitrogen and oxygen atoms in total. The van der Waals surface area contributed by atoms with Crippen molar-refractivity contribution in [3.8, 4) is 34.4 Å². The molecule has 55 heavy (non-hydrogen) atoms. The molecule has 0 aliphatic rings. The number of ether oxygens (including phenoxy) is 1. The fraction of sp³-hybridized carbons (Fsp3) is 0.0612. The first-order chi connectivity index (χ1) is 29.1. The molecule has 0 fully saturated rings. The van der Waals surface area contributed by atoms with E-state index in [0.29, 0.717) is 11.5 Å². The van der Waals surface area contributed by atoms with Crippen molar-refractivity contribution >= 4 is 32.8 Å². The van der Waals surface area contributed by atoms with Gasteiger partial charge < -0.3 is 9.30 Å². The van der Waals surface area contributed by atoms with Crippen LogP contribution in [0.5, 0.6) is 11.5 Å². The molecule has 264 valence electrons. The maximum Gasteiger partial charge on any atom is 0.254 e. The molecule has 0 amide bonds. The Balaban J connectivity index is 1.11. The lowest BCUT2D eigenvalue weighted by atomic mass is 9.78. The first-order valence-electron chi connectivity index (χ1n) is 20.7. The van der Waals surface area contributed by atoms with Crippen molar-refractivity contribution in [1.82, 2.24) is 18.7 Å². The van der Waals surface area contributed by atoms with Crippen molar-refractivity contribution in [2.24, 2.45) is 0 Å². The lowest BCUT2D eigenvalue weighted by molar-refractivity contribution is -0.594. The second kappa shape index (κ2) is 13.0. The molecular formula is C49H38N5O+. The Morgan fingerprint density at radius 1 is 0.618 bits per heavy atom. The zero-order chi connectivity index (χ0) is 41.3. The van der Waals surface area contributed by atoms with Gasteiger partial charge in [0.25, 0.3) is 6.33 Å². The number of fused-ring (bicyclic) bond motifs is 5. The third-order valence-electron chi connectivity index (χ3n) is 10.5. The van der Waals surface area contributed by atoms with Crippen LogP contribution in [0.25, 0.3) is 55.7 Å². The van der Waals surface area contributed by atoms with Crippen LogP contribution in [-0.4, -0.2) is 18.7 Å². The topological polar surface area (TPSA) is 40.8 Å². The number of hydrogen-bond acceptors (Lipinski definition) is 2. The van der Waals surface area contributed by atoms with E-state index in [1.54, 1.807) is 18.7 Å². The summed E-state index contributed by atoms with van der Waals surface area (Å²) in [6.07, 6.45) is 7.03. The van der Waals surface area contributed by atoms with Crippen LogP contribution in [0.4, 0.5) is 0 Å². The molecular weight excluding hydrogens is 675 g/mol. The lowest BCUT2D eigenvalue weighted by Crippen LogP contribution is -2.27. The second-order valence-electron chi connectivity index (χ2n) is 14.1. The first-order valence-corrected chi connectivity index (χ1v) is 18.2. The molecule has 0 atom stereocenters. The van der Waals surface area contributed by atoms with E-state index >= 15 is 0 Å². The highest BCUT2D eigenvalue weighted by Gasteiger charge is 2.26. The molecule has 10 aromatic rings. The van der Waals surface area contributed by atoms with E-state index in [1.807, 2.05) is 53.2 Å². The Morgan fingerprint density at radius 2 is 1.33 bits per heavy atom. The number of pyridine rings is 1. The molecule has 0 saturated heterocycles. The van der Waals surface area contributed by atoms with Gasteiger partial charge in [-0.15, -0.1) is 0 Å². The molecule has 0 spiro atoms. The molecule has 0 aliphatic carbocycles. The maximum atomic E-state index is 8.44. The van der Waals surface area contributed by atoms with Gasteiger partial charge in [0.05, 0.1) is 28.9 Å². The fourth-order valence-corrected chi connectivity index (χ4v) is 7.67. The summed E-state index contributed by atoms with van der Waals surface area (Å²) in [7, 11) is 0. The number of para-hydroxylation sites is 3. The summed E-state index contributed by atoms with van der Waals surface area (Å²) >= 11 is 0. The van der Waals surface area contributed by atoms with Crippen molar-refractivity contribution in [2.75, 3.05) is 0 Å². The number of imidazole rings is 1. The van der Waals surface area contributed by atoms with Crippen LogP contribution in [0.3, 0.4) is 0 Å².